The molecule has 148 valence electrons. The van der Waals surface area contributed by atoms with Crippen molar-refractivity contribution in [3.05, 3.63) is 29.8 Å². The van der Waals surface area contributed by atoms with E-state index >= 15 is 0 Å². The number of carbonyl (C=O) groups excluding carboxylic acids is 2. The van der Waals surface area contributed by atoms with Crippen LogP contribution in [0.3, 0.4) is 0 Å². The van der Waals surface area contributed by atoms with Crippen LogP contribution in [0.15, 0.2) is 24.3 Å². The van der Waals surface area contributed by atoms with E-state index in [0.717, 1.165) is 44.4 Å². The average Bonchev–Trinajstić information content (AvgIpc) is 3.22. The second kappa shape index (κ2) is 9.36. The summed E-state index contributed by atoms with van der Waals surface area (Å²) >= 11 is 0. The SMILES string of the molecule is CC(C)[C@H](CNC(=O)C1CCN(c2ccc(C=O)cc2)CC1)N1CCCC1. The summed E-state index contributed by atoms with van der Waals surface area (Å²) in [5.41, 5.74) is 1.83. The van der Waals surface area contributed by atoms with Crippen LogP contribution in [0.25, 0.3) is 0 Å². The number of hydrogen-bond acceptors (Lipinski definition) is 4. The first-order valence-electron chi connectivity index (χ1n) is 10.4. The molecule has 0 spiro atoms. The van der Waals surface area contributed by atoms with Crippen molar-refractivity contribution >= 4 is 17.9 Å². The van der Waals surface area contributed by atoms with Crippen LogP contribution in [0.5, 0.6) is 0 Å². The van der Waals surface area contributed by atoms with Crippen LogP contribution in [0.4, 0.5) is 5.69 Å². The number of hydrogen-bond donors (Lipinski definition) is 1. The van der Waals surface area contributed by atoms with Gasteiger partial charge in [0, 0.05) is 42.8 Å². The molecular weight excluding hydrogens is 338 g/mol. The van der Waals surface area contributed by atoms with E-state index in [2.05, 4.69) is 29.0 Å². The number of benzene rings is 1. The molecule has 0 aromatic heterocycles. The van der Waals surface area contributed by atoms with Gasteiger partial charge < -0.3 is 10.2 Å². The first-order chi connectivity index (χ1) is 13.1. The van der Waals surface area contributed by atoms with Crippen LogP contribution >= 0.6 is 0 Å². The third-order valence-electron chi connectivity index (χ3n) is 6.12. The molecule has 1 aromatic carbocycles. The molecule has 2 fully saturated rings. The average molecular weight is 372 g/mol. The minimum Gasteiger partial charge on any atom is -0.371 e. The molecule has 3 rings (SSSR count). The van der Waals surface area contributed by atoms with Gasteiger partial charge in [0.1, 0.15) is 6.29 Å². The van der Waals surface area contributed by atoms with E-state index in [9.17, 15) is 9.59 Å². The van der Waals surface area contributed by atoms with Crippen molar-refractivity contribution in [3.8, 4) is 0 Å². The Morgan fingerprint density at radius 2 is 1.74 bits per heavy atom. The number of piperidine rings is 1. The number of carbonyl (C=O) groups is 2. The zero-order valence-electron chi connectivity index (χ0n) is 16.7. The molecule has 27 heavy (non-hydrogen) atoms. The Labute approximate surface area is 163 Å². The van der Waals surface area contributed by atoms with Crippen LogP contribution in [0.2, 0.25) is 0 Å². The molecule has 0 saturated carbocycles. The monoisotopic (exact) mass is 371 g/mol. The molecular formula is C22H33N3O2. The molecule has 5 heteroatoms. The quantitative estimate of drug-likeness (QED) is 0.749. The summed E-state index contributed by atoms with van der Waals surface area (Å²) in [6.07, 6.45) is 5.20. The molecule has 1 atom stereocenters. The van der Waals surface area contributed by atoms with Gasteiger partial charge in [-0.2, -0.15) is 0 Å². The summed E-state index contributed by atoms with van der Waals surface area (Å²) in [5.74, 6) is 0.886. The fourth-order valence-electron chi connectivity index (χ4n) is 4.37. The normalized spacial score (nSPS) is 20.0. The highest BCUT2D eigenvalue weighted by molar-refractivity contribution is 5.79. The molecule has 1 aromatic rings. The number of aldehydes is 1. The maximum absolute atomic E-state index is 12.7. The molecule has 2 aliphatic rings. The van der Waals surface area contributed by atoms with E-state index in [1.807, 2.05) is 24.3 Å². The Bertz CT molecular complexity index is 615. The summed E-state index contributed by atoms with van der Waals surface area (Å²) in [6.45, 7) is 9.38. The number of amides is 1. The van der Waals surface area contributed by atoms with Gasteiger partial charge in [0.2, 0.25) is 5.91 Å². The summed E-state index contributed by atoms with van der Waals surface area (Å²) in [6, 6.07) is 8.14. The molecule has 0 unspecified atom stereocenters. The Hall–Kier alpha value is -1.88. The Morgan fingerprint density at radius 3 is 2.30 bits per heavy atom. The number of nitrogens with zero attached hydrogens (tertiary/aromatic N) is 2. The van der Waals surface area contributed by atoms with Crippen molar-refractivity contribution in [2.24, 2.45) is 11.8 Å². The minimum absolute atomic E-state index is 0.113. The Morgan fingerprint density at radius 1 is 1.11 bits per heavy atom. The molecule has 5 nitrogen and oxygen atoms in total. The van der Waals surface area contributed by atoms with E-state index in [1.54, 1.807) is 0 Å². The van der Waals surface area contributed by atoms with Crippen molar-refractivity contribution < 1.29 is 9.59 Å². The second-order valence-corrected chi connectivity index (χ2v) is 8.27. The number of anilines is 1. The summed E-state index contributed by atoms with van der Waals surface area (Å²) in [7, 11) is 0. The second-order valence-electron chi connectivity index (χ2n) is 8.27. The zero-order chi connectivity index (χ0) is 19.2. The van der Waals surface area contributed by atoms with Gasteiger partial charge in [-0.1, -0.05) is 13.8 Å². The first-order valence-corrected chi connectivity index (χ1v) is 10.4. The van der Waals surface area contributed by atoms with Gasteiger partial charge in [-0.25, -0.2) is 0 Å². The Balaban J connectivity index is 1.46. The van der Waals surface area contributed by atoms with Gasteiger partial charge >= 0.3 is 0 Å². The fourth-order valence-corrected chi connectivity index (χ4v) is 4.37. The van der Waals surface area contributed by atoms with E-state index in [0.29, 0.717) is 17.5 Å². The van der Waals surface area contributed by atoms with Crippen LogP contribution in [-0.4, -0.2) is 55.9 Å². The van der Waals surface area contributed by atoms with Gasteiger partial charge in [-0.15, -0.1) is 0 Å². The molecule has 2 aliphatic heterocycles. The largest absolute Gasteiger partial charge is 0.371 e. The standard InChI is InChI=1S/C22H33N3O2/c1-17(2)21(25-11-3-4-12-25)15-23-22(27)19-9-13-24(14-10-19)20-7-5-18(16-26)6-8-20/h5-8,16-17,19,21H,3-4,9-15H2,1-2H3,(H,23,27)/t21-/m0/s1. The molecule has 0 aliphatic carbocycles. The van der Waals surface area contributed by atoms with Gasteiger partial charge in [0.05, 0.1) is 0 Å². The molecule has 0 radical (unpaired) electrons. The topological polar surface area (TPSA) is 52.7 Å². The third-order valence-corrected chi connectivity index (χ3v) is 6.12. The highest BCUT2D eigenvalue weighted by Gasteiger charge is 2.28. The molecule has 2 saturated heterocycles. The lowest BCUT2D eigenvalue weighted by atomic mass is 9.95. The van der Waals surface area contributed by atoms with Gasteiger partial charge in [-0.3, -0.25) is 14.5 Å². The summed E-state index contributed by atoms with van der Waals surface area (Å²) in [4.78, 5) is 28.3. The lowest BCUT2D eigenvalue weighted by Gasteiger charge is -2.34. The van der Waals surface area contributed by atoms with E-state index in [1.165, 1.54) is 25.9 Å². The van der Waals surface area contributed by atoms with Crippen molar-refractivity contribution in [1.29, 1.82) is 0 Å². The molecule has 0 bridgehead atoms. The van der Waals surface area contributed by atoms with Crippen LogP contribution in [0, 0.1) is 11.8 Å². The van der Waals surface area contributed by atoms with Crippen molar-refractivity contribution in [1.82, 2.24) is 10.2 Å². The van der Waals surface area contributed by atoms with Crippen molar-refractivity contribution in [2.75, 3.05) is 37.6 Å². The highest BCUT2D eigenvalue weighted by Crippen LogP contribution is 2.24. The highest BCUT2D eigenvalue weighted by atomic mass is 16.1. The maximum atomic E-state index is 12.7. The summed E-state index contributed by atoms with van der Waals surface area (Å²) in [5, 5.41) is 3.24. The number of likely N-dealkylation sites (tertiary alicyclic amines) is 1. The van der Waals surface area contributed by atoms with Crippen LogP contribution < -0.4 is 10.2 Å². The predicted octanol–water partition coefficient (Wildman–Crippen LogP) is 2.95. The van der Waals surface area contributed by atoms with Gasteiger partial charge in [0.15, 0.2) is 0 Å². The van der Waals surface area contributed by atoms with E-state index in [4.69, 9.17) is 0 Å². The lowest BCUT2D eigenvalue weighted by molar-refractivity contribution is -0.125. The third kappa shape index (κ3) is 5.10. The van der Waals surface area contributed by atoms with E-state index < -0.39 is 0 Å². The van der Waals surface area contributed by atoms with Crippen molar-refractivity contribution in [3.63, 3.8) is 0 Å². The first kappa shape index (κ1) is 19.9. The number of nitrogens with one attached hydrogen (secondary N) is 1. The maximum Gasteiger partial charge on any atom is 0.223 e. The van der Waals surface area contributed by atoms with Gasteiger partial charge in [-0.05, 0) is 69.0 Å². The summed E-state index contributed by atoms with van der Waals surface area (Å²) < 4.78 is 0. The lowest BCUT2D eigenvalue weighted by Crippen LogP contribution is -2.48. The molecule has 1 amide bonds. The number of rotatable bonds is 7. The molecule has 2 heterocycles. The van der Waals surface area contributed by atoms with E-state index in [-0.39, 0.29) is 11.8 Å². The fraction of sp³-hybridized carbons (Fsp3) is 0.636. The van der Waals surface area contributed by atoms with Crippen molar-refractivity contribution in [2.45, 2.75) is 45.6 Å². The van der Waals surface area contributed by atoms with Gasteiger partial charge in [0.25, 0.3) is 0 Å². The minimum atomic E-state index is 0.113. The smallest absolute Gasteiger partial charge is 0.223 e. The Kier molecular flexibility index (Phi) is 6.89. The predicted molar refractivity (Wildman–Crippen MR) is 109 cm³/mol. The van der Waals surface area contributed by atoms with Crippen LogP contribution in [-0.2, 0) is 4.79 Å². The van der Waals surface area contributed by atoms with Crippen LogP contribution in [0.1, 0.15) is 49.9 Å². The molecule has 1 N–H and O–H groups in total. The zero-order valence-corrected chi connectivity index (χ0v) is 16.7.